The van der Waals surface area contributed by atoms with E-state index in [1.165, 1.54) is 10.5 Å². The molecule has 0 spiro atoms. The second kappa shape index (κ2) is 11.2. The summed E-state index contributed by atoms with van der Waals surface area (Å²) in [6, 6.07) is 17.4. The molecule has 1 fully saturated rings. The van der Waals surface area contributed by atoms with Crippen LogP contribution in [0, 0.1) is 17.5 Å². The Labute approximate surface area is 205 Å². The molecule has 0 saturated carbocycles. The van der Waals surface area contributed by atoms with E-state index in [1.54, 1.807) is 11.8 Å². The summed E-state index contributed by atoms with van der Waals surface area (Å²) in [6.45, 7) is 2.14. The summed E-state index contributed by atoms with van der Waals surface area (Å²) in [5, 5.41) is 0.695. The molecule has 0 bridgehead atoms. The normalized spacial score (nSPS) is 14.3. The van der Waals surface area contributed by atoms with Gasteiger partial charge < -0.3 is 9.64 Å². The van der Waals surface area contributed by atoms with Gasteiger partial charge in [0, 0.05) is 47.5 Å². The first-order valence-electron chi connectivity index (χ1n) is 10.7. The Hall–Kier alpha value is -2.68. The predicted molar refractivity (Wildman–Crippen MR) is 125 cm³/mol. The van der Waals surface area contributed by atoms with E-state index in [9.17, 15) is 18.0 Å². The number of nitrogens with zero attached hydrogens (tertiary/aromatic N) is 2. The van der Waals surface area contributed by atoms with Crippen LogP contribution in [0.4, 0.5) is 18.0 Å². The van der Waals surface area contributed by atoms with Crippen LogP contribution in [-0.4, -0.2) is 42.1 Å². The Morgan fingerprint density at radius 3 is 2.32 bits per heavy atom. The fourth-order valence-corrected chi connectivity index (χ4v) is 4.68. The van der Waals surface area contributed by atoms with Crippen LogP contribution < -0.4 is 0 Å². The summed E-state index contributed by atoms with van der Waals surface area (Å²) < 4.78 is 45.9. The molecule has 178 valence electrons. The van der Waals surface area contributed by atoms with Crippen molar-refractivity contribution in [1.29, 1.82) is 0 Å². The highest BCUT2D eigenvalue weighted by atomic mass is 35.5. The number of carbonyl (C=O) groups excluding carboxylic acids is 1. The number of amides is 1. The van der Waals surface area contributed by atoms with Gasteiger partial charge in [0.05, 0.1) is 5.56 Å². The lowest BCUT2D eigenvalue weighted by Crippen LogP contribution is -2.48. The first kappa shape index (κ1) is 24.4. The lowest BCUT2D eigenvalue weighted by Gasteiger charge is -2.34. The molecular weight excluding hydrogens is 485 g/mol. The number of benzene rings is 3. The molecule has 1 saturated heterocycles. The average Bonchev–Trinajstić information content (AvgIpc) is 2.84. The topological polar surface area (TPSA) is 32.8 Å². The smallest absolute Gasteiger partial charge is 0.410 e. The molecule has 1 aliphatic heterocycles. The summed E-state index contributed by atoms with van der Waals surface area (Å²) in [7, 11) is 0. The van der Waals surface area contributed by atoms with Crippen LogP contribution in [0.25, 0.3) is 0 Å². The molecule has 1 aliphatic rings. The van der Waals surface area contributed by atoms with Crippen LogP contribution in [0.3, 0.4) is 0 Å². The fraction of sp³-hybridized carbons (Fsp3) is 0.240. The van der Waals surface area contributed by atoms with Crippen molar-refractivity contribution < 1.29 is 22.7 Å². The molecule has 0 aliphatic carbocycles. The Balaban J connectivity index is 1.30. The summed E-state index contributed by atoms with van der Waals surface area (Å²) in [4.78, 5) is 18.3. The van der Waals surface area contributed by atoms with Crippen LogP contribution in [-0.2, 0) is 17.9 Å². The molecule has 1 heterocycles. The molecule has 0 atom stereocenters. The van der Waals surface area contributed by atoms with Crippen molar-refractivity contribution in [3.05, 3.63) is 94.3 Å². The molecule has 0 unspecified atom stereocenters. The molecule has 34 heavy (non-hydrogen) atoms. The lowest BCUT2D eigenvalue weighted by atomic mass is 10.2. The standard InChI is InChI=1S/C25H22ClF3N2O2S/c26-18-5-7-19(8-6-18)34-23-4-2-1-3-17(23)15-30-11-13-31(14-12-30)25(32)33-16-20-21(27)9-10-22(28)24(20)29/h1-10H,11-16H2. The number of hydrogen-bond acceptors (Lipinski definition) is 4. The summed E-state index contributed by atoms with van der Waals surface area (Å²) >= 11 is 7.65. The molecule has 0 N–H and O–H groups in total. The number of piperazine rings is 1. The van der Waals surface area contributed by atoms with Gasteiger partial charge in [-0.2, -0.15) is 0 Å². The van der Waals surface area contributed by atoms with Crippen LogP contribution >= 0.6 is 23.4 Å². The zero-order valence-corrected chi connectivity index (χ0v) is 19.7. The van der Waals surface area contributed by atoms with Gasteiger partial charge in [-0.1, -0.05) is 41.6 Å². The van der Waals surface area contributed by atoms with Crippen molar-refractivity contribution in [3.8, 4) is 0 Å². The summed E-state index contributed by atoms with van der Waals surface area (Å²) in [5.74, 6) is -3.48. The number of halogens is 4. The number of ether oxygens (including phenoxy) is 1. The van der Waals surface area contributed by atoms with Gasteiger partial charge in [-0.25, -0.2) is 18.0 Å². The van der Waals surface area contributed by atoms with E-state index in [-0.39, 0.29) is 0 Å². The van der Waals surface area contributed by atoms with Crippen LogP contribution in [0.2, 0.25) is 5.02 Å². The quantitative estimate of drug-likeness (QED) is 0.364. The highest BCUT2D eigenvalue weighted by molar-refractivity contribution is 7.99. The molecule has 9 heteroatoms. The summed E-state index contributed by atoms with van der Waals surface area (Å²) in [5.41, 5.74) is 0.581. The minimum absolute atomic E-state index is 0.416. The maximum absolute atomic E-state index is 13.8. The van der Waals surface area contributed by atoms with Crippen LogP contribution in [0.15, 0.2) is 70.5 Å². The largest absolute Gasteiger partial charge is 0.444 e. The van der Waals surface area contributed by atoms with Gasteiger partial charge in [0.1, 0.15) is 12.4 Å². The first-order valence-corrected chi connectivity index (χ1v) is 11.9. The molecule has 0 aromatic heterocycles. The Morgan fingerprint density at radius 2 is 1.59 bits per heavy atom. The summed E-state index contributed by atoms with van der Waals surface area (Å²) in [6.07, 6.45) is -0.679. The molecule has 4 nitrogen and oxygen atoms in total. The third kappa shape index (κ3) is 6.05. The van der Waals surface area contributed by atoms with E-state index in [1.807, 2.05) is 36.4 Å². The predicted octanol–water partition coefficient (Wildman–Crippen LogP) is 6.36. The van der Waals surface area contributed by atoms with Gasteiger partial charge >= 0.3 is 6.09 Å². The maximum Gasteiger partial charge on any atom is 0.410 e. The van der Waals surface area contributed by atoms with Gasteiger partial charge in [0.25, 0.3) is 0 Å². The Bertz CT molecular complexity index is 1160. The molecular formula is C25H22ClF3N2O2S. The van der Waals surface area contributed by atoms with Crippen molar-refractivity contribution in [2.24, 2.45) is 0 Å². The van der Waals surface area contributed by atoms with Gasteiger partial charge in [0.2, 0.25) is 0 Å². The minimum Gasteiger partial charge on any atom is -0.444 e. The van der Waals surface area contributed by atoms with Crippen molar-refractivity contribution >= 4 is 29.5 Å². The van der Waals surface area contributed by atoms with Crippen molar-refractivity contribution in [2.75, 3.05) is 26.2 Å². The highest BCUT2D eigenvalue weighted by Gasteiger charge is 2.24. The molecule has 3 aromatic rings. The number of carbonyl (C=O) groups is 1. The second-order valence-corrected chi connectivity index (χ2v) is 9.36. The molecule has 0 radical (unpaired) electrons. The van der Waals surface area contributed by atoms with Crippen molar-refractivity contribution in [1.82, 2.24) is 9.80 Å². The van der Waals surface area contributed by atoms with Gasteiger partial charge in [0.15, 0.2) is 11.6 Å². The van der Waals surface area contributed by atoms with E-state index in [0.29, 0.717) is 37.3 Å². The SMILES string of the molecule is O=C(OCc1c(F)ccc(F)c1F)N1CCN(Cc2ccccc2Sc2ccc(Cl)cc2)CC1. The molecule has 1 amide bonds. The Morgan fingerprint density at radius 1 is 0.912 bits per heavy atom. The van der Waals surface area contributed by atoms with E-state index < -0.39 is 35.7 Å². The van der Waals surface area contributed by atoms with Crippen LogP contribution in [0.1, 0.15) is 11.1 Å². The average molecular weight is 507 g/mol. The number of hydrogen-bond donors (Lipinski definition) is 0. The van der Waals surface area contributed by atoms with Crippen molar-refractivity contribution in [3.63, 3.8) is 0 Å². The van der Waals surface area contributed by atoms with Gasteiger partial charge in [-0.3, -0.25) is 4.90 Å². The van der Waals surface area contributed by atoms with E-state index in [0.717, 1.165) is 22.4 Å². The zero-order valence-electron chi connectivity index (χ0n) is 18.1. The zero-order chi connectivity index (χ0) is 24.1. The van der Waals surface area contributed by atoms with Crippen LogP contribution in [0.5, 0.6) is 0 Å². The van der Waals surface area contributed by atoms with E-state index in [4.69, 9.17) is 16.3 Å². The molecule has 3 aromatic carbocycles. The second-order valence-electron chi connectivity index (χ2n) is 7.80. The number of rotatable bonds is 6. The monoisotopic (exact) mass is 506 g/mol. The third-order valence-electron chi connectivity index (χ3n) is 5.52. The van der Waals surface area contributed by atoms with E-state index >= 15 is 0 Å². The minimum atomic E-state index is -1.34. The highest BCUT2D eigenvalue weighted by Crippen LogP contribution is 2.32. The van der Waals surface area contributed by atoms with E-state index in [2.05, 4.69) is 17.0 Å². The van der Waals surface area contributed by atoms with Gasteiger partial charge in [-0.05, 0) is 48.0 Å². The Kier molecular flexibility index (Phi) is 8.03. The van der Waals surface area contributed by atoms with Crippen molar-refractivity contribution in [2.45, 2.75) is 22.9 Å². The third-order valence-corrected chi connectivity index (χ3v) is 6.90. The van der Waals surface area contributed by atoms with Gasteiger partial charge in [-0.15, -0.1) is 0 Å². The fourth-order valence-electron chi connectivity index (χ4n) is 3.62. The molecule has 4 rings (SSSR count). The first-order chi connectivity index (χ1) is 16.4. The lowest BCUT2D eigenvalue weighted by molar-refractivity contribution is 0.0684. The maximum atomic E-state index is 13.8.